The van der Waals surface area contributed by atoms with Crippen molar-refractivity contribution < 1.29 is 5.11 Å². The lowest BCUT2D eigenvalue weighted by molar-refractivity contribution is 0.282. The molecule has 2 aromatic heterocycles. The smallest absolute Gasteiger partial charge is 0.200 e. The summed E-state index contributed by atoms with van der Waals surface area (Å²) in [6.07, 6.45) is 40.2. The lowest BCUT2D eigenvalue weighted by Crippen LogP contribution is -2.02. The lowest BCUT2D eigenvalue weighted by atomic mass is 10.0. The number of anilines is 1. The number of aromatic nitrogens is 4. The quantitative estimate of drug-likeness (QED) is 0.0578. The summed E-state index contributed by atoms with van der Waals surface area (Å²) < 4.78 is 0. The number of benzene rings is 1. The van der Waals surface area contributed by atoms with Crippen LogP contribution < -0.4 is 5.73 Å². The molecule has 0 amide bonds. The SMILES string of the molecule is Nc1nc2nc(CCCCCCCCCCCCCCCCCCCCCCCCCCCCCCO)nc(Cc3ccccc3)c2[nH]1. The zero-order chi connectivity index (χ0) is 33.7. The van der Waals surface area contributed by atoms with E-state index in [-0.39, 0.29) is 0 Å². The summed E-state index contributed by atoms with van der Waals surface area (Å²) in [5.41, 5.74) is 9.71. The number of hydrogen-bond donors (Lipinski definition) is 3. The average molecular weight is 662 g/mol. The largest absolute Gasteiger partial charge is 0.396 e. The Labute approximate surface area is 293 Å². The van der Waals surface area contributed by atoms with E-state index in [1.165, 1.54) is 173 Å². The zero-order valence-corrected chi connectivity index (χ0v) is 30.7. The van der Waals surface area contributed by atoms with Crippen molar-refractivity contribution in [3.8, 4) is 0 Å². The molecule has 0 fully saturated rings. The topological polar surface area (TPSA) is 101 Å². The number of nitrogen functional groups attached to an aromatic ring is 1. The molecule has 6 heteroatoms. The summed E-state index contributed by atoms with van der Waals surface area (Å²) in [5, 5.41) is 8.81. The highest BCUT2D eigenvalue weighted by Crippen LogP contribution is 2.20. The molecule has 3 rings (SSSR count). The van der Waals surface area contributed by atoms with Gasteiger partial charge in [0, 0.05) is 19.4 Å². The maximum Gasteiger partial charge on any atom is 0.200 e. The number of imidazole rings is 1. The molecule has 0 unspecified atom stereocenters. The third-order valence-electron chi connectivity index (χ3n) is 10.0. The van der Waals surface area contributed by atoms with E-state index in [0.29, 0.717) is 18.2 Å². The third kappa shape index (κ3) is 18.9. The molecule has 1 aromatic carbocycles. The zero-order valence-electron chi connectivity index (χ0n) is 30.7. The molecule has 2 heterocycles. The average Bonchev–Trinajstić information content (AvgIpc) is 3.48. The fraction of sp³-hybridized carbons (Fsp3) is 0.738. The summed E-state index contributed by atoms with van der Waals surface area (Å²) in [7, 11) is 0. The molecule has 0 saturated carbocycles. The number of aliphatic hydroxyl groups excluding tert-OH is 1. The molecule has 0 aliphatic heterocycles. The normalized spacial score (nSPS) is 11.6. The van der Waals surface area contributed by atoms with Gasteiger partial charge >= 0.3 is 0 Å². The van der Waals surface area contributed by atoms with Crippen LogP contribution in [-0.2, 0) is 12.8 Å². The highest BCUT2D eigenvalue weighted by Gasteiger charge is 2.12. The molecule has 0 bridgehead atoms. The summed E-state index contributed by atoms with van der Waals surface area (Å²) in [4.78, 5) is 17.1. The third-order valence-corrected chi connectivity index (χ3v) is 10.0. The van der Waals surface area contributed by atoms with Crippen LogP contribution in [0.1, 0.15) is 197 Å². The van der Waals surface area contributed by atoms with Crippen molar-refractivity contribution in [3.05, 3.63) is 47.4 Å². The maximum absolute atomic E-state index is 8.81. The van der Waals surface area contributed by atoms with Crippen molar-refractivity contribution in [3.63, 3.8) is 0 Å². The molecule has 0 spiro atoms. The second-order valence-corrected chi connectivity index (χ2v) is 14.4. The van der Waals surface area contributed by atoms with Gasteiger partial charge in [0.1, 0.15) is 11.3 Å². The Kier molecular flexibility index (Phi) is 22.8. The lowest BCUT2D eigenvalue weighted by Gasteiger charge is -2.06. The Morgan fingerprint density at radius 1 is 0.479 bits per heavy atom. The van der Waals surface area contributed by atoms with Crippen LogP contribution in [0.15, 0.2) is 30.3 Å². The predicted octanol–water partition coefficient (Wildman–Crippen LogP) is 12.0. The minimum absolute atomic E-state index is 0.365. The van der Waals surface area contributed by atoms with Crippen LogP contribution in [0.3, 0.4) is 0 Å². The van der Waals surface area contributed by atoms with E-state index in [1.54, 1.807) is 0 Å². The highest BCUT2D eigenvalue weighted by atomic mass is 16.2. The molecule has 0 aliphatic rings. The Balaban J connectivity index is 1.04. The van der Waals surface area contributed by atoms with Gasteiger partial charge in [-0.2, -0.15) is 4.98 Å². The number of aromatic amines is 1. The molecule has 270 valence electrons. The highest BCUT2D eigenvalue weighted by molar-refractivity contribution is 5.75. The molecule has 6 nitrogen and oxygen atoms in total. The van der Waals surface area contributed by atoms with Crippen LogP contribution in [-0.4, -0.2) is 31.6 Å². The first kappa shape index (κ1) is 40.0. The van der Waals surface area contributed by atoms with Crippen LogP contribution in [0.4, 0.5) is 5.95 Å². The summed E-state index contributed by atoms with van der Waals surface area (Å²) in [6, 6.07) is 10.4. The summed E-state index contributed by atoms with van der Waals surface area (Å²) >= 11 is 0. The minimum Gasteiger partial charge on any atom is -0.396 e. The van der Waals surface area contributed by atoms with Crippen LogP contribution >= 0.6 is 0 Å². The van der Waals surface area contributed by atoms with E-state index >= 15 is 0 Å². The number of unbranched alkanes of at least 4 members (excludes halogenated alkanes) is 27. The number of H-pyrrole nitrogens is 1. The molecule has 0 aliphatic carbocycles. The first-order valence-electron chi connectivity index (χ1n) is 20.4. The molecule has 3 aromatic rings. The number of rotatable bonds is 32. The van der Waals surface area contributed by atoms with Gasteiger partial charge in [-0.1, -0.05) is 197 Å². The van der Waals surface area contributed by atoms with Crippen LogP contribution in [0.5, 0.6) is 0 Å². The van der Waals surface area contributed by atoms with Gasteiger partial charge in [0.05, 0.1) is 5.69 Å². The van der Waals surface area contributed by atoms with E-state index in [0.717, 1.165) is 42.7 Å². The van der Waals surface area contributed by atoms with E-state index in [1.807, 2.05) is 6.07 Å². The first-order chi connectivity index (χ1) is 23.8. The van der Waals surface area contributed by atoms with Crippen molar-refractivity contribution >= 4 is 17.1 Å². The number of nitrogens with one attached hydrogen (secondary N) is 1. The first-order valence-corrected chi connectivity index (χ1v) is 20.4. The van der Waals surface area contributed by atoms with E-state index in [2.05, 4.69) is 34.2 Å². The second kappa shape index (κ2) is 27.4. The Bertz CT molecular complexity index is 1160. The Hall–Kier alpha value is -2.47. The maximum atomic E-state index is 8.81. The minimum atomic E-state index is 0.365. The molecule has 48 heavy (non-hydrogen) atoms. The van der Waals surface area contributed by atoms with Gasteiger partial charge in [-0.25, -0.2) is 9.97 Å². The molecular formula is C42H71N5O. The van der Waals surface area contributed by atoms with Crippen molar-refractivity contribution in [1.82, 2.24) is 19.9 Å². The predicted molar refractivity (Wildman–Crippen MR) is 205 cm³/mol. The monoisotopic (exact) mass is 662 g/mol. The molecule has 0 atom stereocenters. The van der Waals surface area contributed by atoms with Crippen molar-refractivity contribution in [2.45, 2.75) is 193 Å². The second-order valence-electron chi connectivity index (χ2n) is 14.4. The number of fused-ring (bicyclic) bond motifs is 1. The van der Waals surface area contributed by atoms with Gasteiger partial charge in [-0.3, -0.25) is 0 Å². The van der Waals surface area contributed by atoms with Gasteiger partial charge < -0.3 is 15.8 Å². The van der Waals surface area contributed by atoms with Gasteiger partial charge in [0.25, 0.3) is 0 Å². The number of nitrogens with zero attached hydrogens (tertiary/aromatic N) is 3. The number of nitrogens with two attached hydrogens (primary N) is 1. The standard InChI is InChI=1S/C42H71N5O/c43-42-46-40-38(36-37-32-28-27-29-33-37)44-39(45-41(40)47-42)34-30-25-23-21-19-17-15-13-11-9-7-5-3-1-2-4-6-8-10-12-14-16-18-20-22-24-26-31-35-48/h27-29,32-33,48H,1-26,30-31,34-36H2,(H3,43,44,45,46,47). The van der Waals surface area contributed by atoms with Crippen LogP contribution in [0.2, 0.25) is 0 Å². The van der Waals surface area contributed by atoms with E-state index in [9.17, 15) is 0 Å². The van der Waals surface area contributed by atoms with Gasteiger partial charge in [-0.15, -0.1) is 0 Å². The number of aryl methyl sites for hydroxylation is 1. The Morgan fingerprint density at radius 3 is 1.29 bits per heavy atom. The van der Waals surface area contributed by atoms with Crippen LogP contribution in [0, 0.1) is 0 Å². The van der Waals surface area contributed by atoms with Crippen LogP contribution in [0.25, 0.3) is 11.2 Å². The molecule has 0 saturated heterocycles. The summed E-state index contributed by atoms with van der Waals surface area (Å²) in [6.45, 7) is 0.365. The molecule has 4 N–H and O–H groups in total. The molecule has 0 radical (unpaired) electrons. The van der Waals surface area contributed by atoms with Gasteiger partial charge in [0.15, 0.2) is 11.6 Å². The van der Waals surface area contributed by atoms with Crippen molar-refractivity contribution in [1.29, 1.82) is 0 Å². The fourth-order valence-electron chi connectivity index (χ4n) is 7.04. The van der Waals surface area contributed by atoms with E-state index in [4.69, 9.17) is 20.8 Å². The number of aliphatic hydroxyl groups is 1. The summed E-state index contributed by atoms with van der Waals surface area (Å²) in [5.74, 6) is 1.30. The van der Waals surface area contributed by atoms with Gasteiger partial charge in [0.2, 0.25) is 0 Å². The fourth-order valence-corrected chi connectivity index (χ4v) is 7.04. The molecular weight excluding hydrogens is 590 g/mol. The van der Waals surface area contributed by atoms with Crippen molar-refractivity contribution in [2.75, 3.05) is 12.3 Å². The number of hydrogen-bond acceptors (Lipinski definition) is 5. The Morgan fingerprint density at radius 2 is 0.875 bits per heavy atom. The van der Waals surface area contributed by atoms with E-state index < -0.39 is 0 Å². The van der Waals surface area contributed by atoms with Crippen molar-refractivity contribution in [2.24, 2.45) is 0 Å². The van der Waals surface area contributed by atoms with Gasteiger partial charge in [-0.05, 0) is 18.4 Å².